The minimum absolute atomic E-state index is 0.322. The number of nitrogens with one attached hydrogen (secondary N) is 2. The molecule has 1 aromatic carbocycles. The van der Waals surface area contributed by atoms with E-state index in [0.29, 0.717) is 16.6 Å². The van der Waals surface area contributed by atoms with Crippen LogP contribution in [0.4, 0.5) is 15.9 Å². The van der Waals surface area contributed by atoms with Crippen LogP contribution in [0.2, 0.25) is 0 Å². The molecule has 0 spiro atoms. The number of benzene rings is 1. The molecular weight excluding hydrogens is 239 g/mol. The number of anilines is 2. The standard InChI is InChI=1S/C11H9FN4S/c12-8-2-1-3-9(6-8)15-11(17)16-10-7-13-4-5-14-10/h1-7H,(H2,14,15,16,17). The zero-order valence-corrected chi connectivity index (χ0v) is 9.54. The number of halogens is 1. The summed E-state index contributed by atoms with van der Waals surface area (Å²) in [6.45, 7) is 0. The molecule has 0 fully saturated rings. The van der Waals surface area contributed by atoms with E-state index < -0.39 is 0 Å². The number of rotatable bonds is 2. The van der Waals surface area contributed by atoms with E-state index in [1.165, 1.54) is 12.1 Å². The van der Waals surface area contributed by atoms with Gasteiger partial charge in [-0.3, -0.25) is 4.98 Å². The van der Waals surface area contributed by atoms with Crippen molar-refractivity contribution in [3.63, 3.8) is 0 Å². The Kier molecular flexibility index (Phi) is 3.56. The fraction of sp³-hybridized carbons (Fsp3) is 0. The van der Waals surface area contributed by atoms with Crippen molar-refractivity contribution in [3.05, 3.63) is 48.7 Å². The molecule has 0 amide bonds. The lowest BCUT2D eigenvalue weighted by atomic mass is 10.3. The summed E-state index contributed by atoms with van der Waals surface area (Å²) >= 11 is 5.05. The van der Waals surface area contributed by atoms with Crippen LogP contribution in [0.5, 0.6) is 0 Å². The predicted octanol–water partition coefficient (Wildman–Crippen LogP) is 2.42. The van der Waals surface area contributed by atoms with Crippen LogP contribution >= 0.6 is 12.2 Å². The highest BCUT2D eigenvalue weighted by atomic mass is 32.1. The maximum atomic E-state index is 12.9. The predicted molar refractivity (Wildman–Crippen MR) is 68.3 cm³/mol. The van der Waals surface area contributed by atoms with Crippen molar-refractivity contribution in [1.82, 2.24) is 9.97 Å². The molecule has 2 aromatic rings. The average Bonchev–Trinajstić information content (AvgIpc) is 2.30. The second-order valence-electron chi connectivity index (χ2n) is 3.18. The number of nitrogens with zero attached hydrogens (tertiary/aromatic N) is 2. The summed E-state index contributed by atoms with van der Waals surface area (Å²) in [5.41, 5.74) is 0.575. The molecule has 0 bridgehead atoms. The monoisotopic (exact) mass is 248 g/mol. The van der Waals surface area contributed by atoms with E-state index in [0.717, 1.165) is 0 Å². The molecule has 0 unspecified atom stereocenters. The molecule has 0 radical (unpaired) electrons. The van der Waals surface area contributed by atoms with E-state index in [9.17, 15) is 4.39 Å². The van der Waals surface area contributed by atoms with Crippen molar-refractivity contribution in [2.45, 2.75) is 0 Å². The van der Waals surface area contributed by atoms with Gasteiger partial charge in [-0.05, 0) is 30.4 Å². The Labute approximate surface area is 103 Å². The van der Waals surface area contributed by atoms with Crippen LogP contribution in [-0.4, -0.2) is 15.1 Å². The van der Waals surface area contributed by atoms with E-state index in [2.05, 4.69) is 20.6 Å². The number of aromatic nitrogens is 2. The summed E-state index contributed by atoms with van der Waals surface area (Å²) < 4.78 is 12.9. The maximum absolute atomic E-state index is 12.9. The van der Waals surface area contributed by atoms with Crippen LogP contribution in [0.15, 0.2) is 42.9 Å². The van der Waals surface area contributed by atoms with Gasteiger partial charge in [-0.1, -0.05) is 6.07 Å². The van der Waals surface area contributed by atoms with Gasteiger partial charge in [0.25, 0.3) is 0 Å². The van der Waals surface area contributed by atoms with Gasteiger partial charge in [0.2, 0.25) is 0 Å². The largest absolute Gasteiger partial charge is 0.332 e. The molecule has 0 aliphatic heterocycles. The highest BCUT2D eigenvalue weighted by Gasteiger charge is 2.00. The van der Waals surface area contributed by atoms with Crippen LogP contribution in [0.3, 0.4) is 0 Å². The van der Waals surface area contributed by atoms with Gasteiger partial charge in [0.1, 0.15) is 5.82 Å². The molecule has 0 aliphatic carbocycles. The molecule has 0 saturated carbocycles. The summed E-state index contributed by atoms with van der Waals surface area (Å²) in [6.07, 6.45) is 4.65. The Morgan fingerprint density at radius 1 is 1.24 bits per heavy atom. The topological polar surface area (TPSA) is 49.8 Å². The molecule has 2 rings (SSSR count). The molecule has 1 heterocycles. The lowest BCUT2D eigenvalue weighted by Crippen LogP contribution is -2.19. The molecule has 4 nitrogen and oxygen atoms in total. The first-order valence-electron chi connectivity index (χ1n) is 4.83. The highest BCUT2D eigenvalue weighted by Crippen LogP contribution is 2.09. The Balaban J connectivity index is 1.98. The lowest BCUT2D eigenvalue weighted by molar-refractivity contribution is 0.628. The summed E-state index contributed by atoms with van der Waals surface area (Å²) in [4.78, 5) is 7.89. The molecule has 1 aromatic heterocycles. The van der Waals surface area contributed by atoms with Crippen molar-refractivity contribution in [1.29, 1.82) is 0 Å². The van der Waals surface area contributed by atoms with Crippen LogP contribution in [0.25, 0.3) is 0 Å². The lowest BCUT2D eigenvalue weighted by Gasteiger charge is -2.09. The second-order valence-corrected chi connectivity index (χ2v) is 3.59. The molecule has 0 aliphatic rings. The SMILES string of the molecule is Fc1cccc(NC(=S)Nc2cnccn2)c1. The van der Waals surface area contributed by atoms with Crippen LogP contribution in [0.1, 0.15) is 0 Å². The molecule has 0 atom stereocenters. The van der Waals surface area contributed by atoms with Crippen molar-refractivity contribution in [2.75, 3.05) is 10.6 Å². The quantitative estimate of drug-likeness (QED) is 0.799. The number of thiocarbonyl (C=S) groups is 1. The van der Waals surface area contributed by atoms with Crippen LogP contribution < -0.4 is 10.6 Å². The van der Waals surface area contributed by atoms with E-state index in [1.807, 2.05) is 0 Å². The normalized spacial score (nSPS) is 9.71. The van der Waals surface area contributed by atoms with Crippen LogP contribution in [0, 0.1) is 5.82 Å². The van der Waals surface area contributed by atoms with Gasteiger partial charge < -0.3 is 10.6 Å². The third kappa shape index (κ3) is 3.46. The Hall–Kier alpha value is -2.08. The van der Waals surface area contributed by atoms with E-state index in [-0.39, 0.29) is 5.82 Å². The van der Waals surface area contributed by atoms with Crippen LogP contribution in [-0.2, 0) is 0 Å². The van der Waals surface area contributed by atoms with Crippen molar-refractivity contribution < 1.29 is 4.39 Å². The number of hydrogen-bond acceptors (Lipinski definition) is 3. The molecular formula is C11H9FN4S. The third-order valence-corrected chi connectivity index (χ3v) is 2.09. The minimum Gasteiger partial charge on any atom is -0.332 e. The van der Waals surface area contributed by atoms with Gasteiger partial charge in [0.15, 0.2) is 10.9 Å². The zero-order valence-electron chi connectivity index (χ0n) is 8.72. The first-order valence-corrected chi connectivity index (χ1v) is 5.24. The van der Waals surface area contributed by atoms with Gasteiger partial charge in [-0.15, -0.1) is 0 Å². The summed E-state index contributed by atoms with van der Waals surface area (Å²) in [5.74, 6) is 0.207. The molecule has 2 N–H and O–H groups in total. The summed E-state index contributed by atoms with van der Waals surface area (Å²) in [5, 5.41) is 6.01. The van der Waals surface area contributed by atoms with Crippen molar-refractivity contribution in [3.8, 4) is 0 Å². The van der Waals surface area contributed by atoms with Gasteiger partial charge >= 0.3 is 0 Å². The Morgan fingerprint density at radius 3 is 2.82 bits per heavy atom. The van der Waals surface area contributed by atoms with E-state index in [1.54, 1.807) is 30.7 Å². The first-order chi connectivity index (χ1) is 8.24. The van der Waals surface area contributed by atoms with E-state index >= 15 is 0 Å². The molecule has 86 valence electrons. The fourth-order valence-corrected chi connectivity index (χ4v) is 1.43. The fourth-order valence-electron chi connectivity index (χ4n) is 1.21. The highest BCUT2D eigenvalue weighted by molar-refractivity contribution is 7.80. The summed E-state index contributed by atoms with van der Waals surface area (Å²) in [6, 6.07) is 6.03. The van der Waals surface area contributed by atoms with E-state index in [4.69, 9.17) is 12.2 Å². The molecule has 17 heavy (non-hydrogen) atoms. The van der Waals surface area contributed by atoms with Crippen molar-refractivity contribution >= 4 is 28.8 Å². The Morgan fingerprint density at radius 2 is 2.12 bits per heavy atom. The summed E-state index contributed by atoms with van der Waals surface area (Å²) in [7, 11) is 0. The van der Waals surface area contributed by atoms with Crippen molar-refractivity contribution in [2.24, 2.45) is 0 Å². The van der Waals surface area contributed by atoms with Gasteiger partial charge in [0, 0.05) is 18.1 Å². The number of hydrogen-bond donors (Lipinski definition) is 2. The zero-order chi connectivity index (χ0) is 12.1. The van der Waals surface area contributed by atoms with Gasteiger partial charge in [0.05, 0.1) is 6.20 Å². The Bertz CT molecular complexity index is 518. The second kappa shape index (κ2) is 5.31. The van der Waals surface area contributed by atoms with Gasteiger partial charge in [-0.2, -0.15) is 0 Å². The molecule has 6 heteroatoms. The average molecular weight is 248 g/mol. The molecule has 0 saturated heterocycles. The minimum atomic E-state index is -0.322. The maximum Gasteiger partial charge on any atom is 0.176 e. The van der Waals surface area contributed by atoms with Gasteiger partial charge in [-0.25, -0.2) is 9.37 Å². The smallest absolute Gasteiger partial charge is 0.176 e. The third-order valence-electron chi connectivity index (χ3n) is 1.89. The first kappa shape index (κ1) is 11.4.